The molecule has 0 aromatic heterocycles. The zero-order valence-electron chi connectivity index (χ0n) is 12.2. The second-order valence-electron chi connectivity index (χ2n) is 6.20. The van der Waals surface area contributed by atoms with Gasteiger partial charge in [0.1, 0.15) is 0 Å². The van der Waals surface area contributed by atoms with Crippen molar-refractivity contribution in [3.05, 3.63) is 29.8 Å². The molecule has 1 aromatic carbocycles. The number of piperidine rings is 1. The van der Waals surface area contributed by atoms with Crippen molar-refractivity contribution in [2.45, 2.75) is 51.1 Å². The van der Waals surface area contributed by atoms with E-state index in [1.54, 1.807) is 0 Å². The summed E-state index contributed by atoms with van der Waals surface area (Å²) in [7, 11) is 2.02. The predicted octanol–water partition coefficient (Wildman–Crippen LogP) is 3.74. The van der Waals surface area contributed by atoms with Crippen molar-refractivity contribution in [3.63, 3.8) is 0 Å². The molecule has 3 unspecified atom stereocenters. The Bertz CT molecular complexity index is 412. The smallest absolute Gasteiger partial charge is 0.0369 e. The summed E-state index contributed by atoms with van der Waals surface area (Å²) in [5, 5.41) is 3.30. The van der Waals surface area contributed by atoms with Crippen LogP contribution in [0.2, 0.25) is 0 Å². The third kappa shape index (κ3) is 2.51. The fourth-order valence-corrected chi connectivity index (χ4v) is 3.90. The molecule has 2 aliphatic rings. The lowest BCUT2D eigenvalue weighted by Gasteiger charge is -2.39. The average Bonchev–Trinajstić information content (AvgIpc) is 2.95. The molecular weight excluding hydrogens is 232 g/mol. The summed E-state index contributed by atoms with van der Waals surface area (Å²) in [5.41, 5.74) is 2.81. The molecule has 1 aliphatic carbocycles. The molecule has 1 N–H and O–H groups in total. The molecule has 104 valence electrons. The van der Waals surface area contributed by atoms with Gasteiger partial charge in [-0.1, -0.05) is 18.6 Å². The first-order valence-electron chi connectivity index (χ1n) is 7.83. The van der Waals surface area contributed by atoms with E-state index in [0.29, 0.717) is 6.04 Å². The maximum absolute atomic E-state index is 3.30. The van der Waals surface area contributed by atoms with E-state index in [-0.39, 0.29) is 0 Å². The SMILES string of the molecule is CNC(C)c1ccc(N2CCCC3CCCC32)cc1. The standard InChI is InChI=1S/C17H26N2/c1-13(18-2)14-8-10-16(11-9-14)19-12-4-6-15-5-3-7-17(15)19/h8-11,13,15,17-18H,3-7,12H2,1-2H3. The summed E-state index contributed by atoms with van der Waals surface area (Å²) in [6, 6.07) is 10.5. The molecule has 1 aliphatic heterocycles. The number of anilines is 1. The number of benzene rings is 1. The van der Waals surface area contributed by atoms with Gasteiger partial charge in [0.25, 0.3) is 0 Å². The number of rotatable bonds is 3. The first-order chi connectivity index (χ1) is 9.29. The molecule has 3 rings (SSSR count). The molecular formula is C17H26N2. The fourth-order valence-electron chi connectivity index (χ4n) is 3.90. The molecule has 0 amide bonds. The Labute approximate surface area is 117 Å². The maximum atomic E-state index is 3.30. The lowest BCUT2D eigenvalue weighted by atomic mass is 9.91. The maximum Gasteiger partial charge on any atom is 0.0369 e. The van der Waals surface area contributed by atoms with E-state index >= 15 is 0 Å². The second kappa shape index (κ2) is 5.54. The van der Waals surface area contributed by atoms with Gasteiger partial charge in [0.15, 0.2) is 0 Å². The summed E-state index contributed by atoms with van der Waals surface area (Å²) in [5.74, 6) is 0.963. The lowest BCUT2D eigenvalue weighted by molar-refractivity contribution is 0.362. The molecule has 1 saturated carbocycles. The van der Waals surface area contributed by atoms with Gasteiger partial charge in [-0.25, -0.2) is 0 Å². The van der Waals surface area contributed by atoms with Gasteiger partial charge in [-0.05, 0) is 63.3 Å². The highest BCUT2D eigenvalue weighted by atomic mass is 15.2. The van der Waals surface area contributed by atoms with Crippen molar-refractivity contribution in [1.82, 2.24) is 5.32 Å². The Morgan fingerprint density at radius 2 is 1.84 bits per heavy atom. The van der Waals surface area contributed by atoms with E-state index in [4.69, 9.17) is 0 Å². The van der Waals surface area contributed by atoms with Crippen LogP contribution in [-0.2, 0) is 0 Å². The molecule has 2 nitrogen and oxygen atoms in total. The first-order valence-corrected chi connectivity index (χ1v) is 7.83. The highest BCUT2D eigenvalue weighted by Gasteiger charge is 2.34. The molecule has 19 heavy (non-hydrogen) atoms. The van der Waals surface area contributed by atoms with Crippen molar-refractivity contribution in [1.29, 1.82) is 0 Å². The van der Waals surface area contributed by atoms with Crippen LogP contribution in [0.1, 0.15) is 50.6 Å². The van der Waals surface area contributed by atoms with Crippen molar-refractivity contribution >= 4 is 5.69 Å². The van der Waals surface area contributed by atoms with Gasteiger partial charge >= 0.3 is 0 Å². The normalized spacial score (nSPS) is 28.2. The summed E-state index contributed by atoms with van der Waals surface area (Å²) < 4.78 is 0. The molecule has 1 aromatic rings. The van der Waals surface area contributed by atoms with Crippen LogP contribution in [0.25, 0.3) is 0 Å². The van der Waals surface area contributed by atoms with Crippen LogP contribution in [0.4, 0.5) is 5.69 Å². The van der Waals surface area contributed by atoms with Crippen molar-refractivity contribution in [2.75, 3.05) is 18.5 Å². The third-order valence-electron chi connectivity index (χ3n) is 5.15. The summed E-state index contributed by atoms with van der Waals surface area (Å²) in [4.78, 5) is 2.68. The molecule has 0 radical (unpaired) electrons. The van der Waals surface area contributed by atoms with E-state index in [2.05, 4.69) is 41.4 Å². The Kier molecular flexibility index (Phi) is 3.79. The van der Waals surface area contributed by atoms with Crippen LogP contribution in [0, 0.1) is 5.92 Å². The number of nitrogens with zero attached hydrogens (tertiary/aromatic N) is 1. The third-order valence-corrected chi connectivity index (χ3v) is 5.15. The lowest BCUT2D eigenvalue weighted by Crippen LogP contribution is -2.42. The van der Waals surface area contributed by atoms with Crippen LogP contribution in [0.15, 0.2) is 24.3 Å². The Hall–Kier alpha value is -1.02. The van der Waals surface area contributed by atoms with Gasteiger partial charge in [0.2, 0.25) is 0 Å². The van der Waals surface area contributed by atoms with Crippen molar-refractivity contribution in [3.8, 4) is 0 Å². The highest BCUT2D eigenvalue weighted by Crippen LogP contribution is 2.39. The molecule has 0 bridgehead atoms. The Morgan fingerprint density at radius 1 is 1.11 bits per heavy atom. The monoisotopic (exact) mass is 258 g/mol. The summed E-state index contributed by atoms with van der Waals surface area (Å²) in [6.07, 6.45) is 7.11. The summed E-state index contributed by atoms with van der Waals surface area (Å²) in [6.45, 7) is 3.46. The van der Waals surface area contributed by atoms with Crippen LogP contribution in [0.3, 0.4) is 0 Å². The van der Waals surface area contributed by atoms with Crippen molar-refractivity contribution in [2.24, 2.45) is 5.92 Å². The number of hydrogen-bond acceptors (Lipinski definition) is 2. The van der Waals surface area contributed by atoms with Gasteiger partial charge in [0, 0.05) is 24.3 Å². The second-order valence-corrected chi connectivity index (χ2v) is 6.20. The van der Waals surface area contributed by atoms with Crippen LogP contribution in [-0.4, -0.2) is 19.6 Å². The minimum absolute atomic E-state index is 0.439. The van der Waals surface area contributed by atoms with Gasteiger partial charge in [-0.2, -0.15) is 0 Å². The van der Waals surface area contributed by atoms with Gasteiger partial charge < -0.3 is 10.2 Å². The van der Waals surface area contributed by atoms with Crippen LogP contribution >= 0.6 is 0 Å². The molecule has 3 atom stereocenters. The average molecular weight is 258 g/mol. The van der Waals surface area contributed by atoms with E-state index in [0.717, 1.165) is 12.0 Å². The minimum atomic E-state index is 0.439. The predicted molar refractivity (Wildman–Crippen MR) is 81.6 cm³/mol. The zero-order valence-corrected chi connectivity index (χ0v) is 12.2. The number of fused-ring (bicyclic) bond motifs is 1. The Balaban J connectivity index is 1.77. The molecule has 2 fully saturated rings. The first kappa shape index (κ1) is 13.0. The summed E-state index contributed by atoms with van der Waals surface area (Å²) >= 11 is 0. The van der Waals surface area contributed by atoms with Gasteiger partial charge in [-0.15, -0.1) is 0 Å². The topological polar surface area (TPSA) is 15.3 Å². The zero-order chi connectivity index (χ0) is 13.2. The Morgan fingerprint density at radius 3 is 2.58 bits per heavy atom. The fraction of sp³-hybridized carbons (Fsp3) is 0.647. The van der Waals surface area contributed by atoms with Crippen LogP contribution in [0.5, 0.6) is 0 Å². The largest absolute Gasteiger partial charge is 0.368 e. The highest BCUT2D eigenvalue weighted by molar-refractivity contribution is 5.49. The minimum Gasteiger partial charge on any atom is -0.368 e. The number of hydrogen-bond donors (Lipinski definition) is 1. The van der Waals surface area contributed by atoms with E-state index in [1.165, 1.54) is 49.9 Å². The van der Waals surface area contributed by atoms with E-state index in [9.17, 15) is 0 Å². The van der Waals surface area contributed by atoms with Gasteiger partial charge in [0.05, 0.1) is 0 Å². The molecule has 1 saturated heterocycles. The van der Waals surface area contributed by atoms with E-state index in [1.807, 2.05) is 7.05 Å². The number of nitrogens with one attached hydrogen (secondary N) is 1. The molecule has 1 heterocycles. The van der Waals surface area contributed by atoms with Crippen molar-refractivity contribution < 1.29 is 0 Å². The van der Waals surface area contributed by atoms with Crippen LogP contribution < -0.4 is 10.2 Å². The molecule has 2 heteroatoms. The van der Waals surface area contributed by atoms with Gasteiger partial charge in [-0.3, -0.25) is 0 Å². The quantitative estimate of drug-likeness (QED) is 0.888. The van der Waals surface area contributed by atoms with E-state index < -0.39 is 0 Å². The molecule has 0 spiro atoms.